The van der Waals surface area contributed by atoms with Gasteiger partial charge in [0.1, 0.15) is 10.9 Å². The van der Waals surface area contributed by atoms with Gasteiger partial charge < -0.3 is 10.5 Å². The SMILES string of the molecule is N/C(=C(\C=NC1CCC1)Oc1ccnc(Cl)c1)c1ccccc1. The van der Waals surface area contributed by atoms with Gasteiger partial charge in [-0.1, -0.05) is 41.9 Å². The number of hydrogen-bond acceptors (Lipinski definition) is 4. The van der Waals surface area contributed by atoms with E-state index < -0.39 is 0 Å². The first-order valence-corrected chi connectivity index (χ1v) is 7.98. The number of pyridine rings is 1. The lowest BCUT2D eigenvalue weighted by Crippen LogP contribution is -2.16. The topological polar surface area (TPSA) is 60.5 Å². The molecule has 1 saturated carbocycles. The van der Waals surface area contributed by atoms with Gasteiger partial charge in [0.05, 0.1) is 18.0 Å². The van der Waals surface area contributed by atoms with E-state index in [2.05, 4.69) is 9.98 Å². The van der Waals surface area contributed by atoms with Gasteiger partial charge in [-0.15, -0.1) is 0 Å². The van der Waals surface area contributed by atoms with Crippen LogP contribution >= 0.6 is 11.6 Å². The van der Waals surface area contributed by atoms with Crippen LogP contribution in [0.15, 0.2) is 59.4 Å². The standard InChI is InChI=1S/C18H18ClN3O/c19-17-11-15(9-10-21-17)23-16(12-22-14-7-4-8-14)18(20)13-5-2-1-3-6-13/h1-3,5-6,9-12,14H,4,7-8,20H2/b18-16+,22-12?. The minimum atomic E-state index is 0.371. The van der Waals surface area contributed by atoms with Crippen molar-refractivity contribution < 1.29 is 4.74 Å². The number of ether oxygens (including phenoxy) is 1. The van der Waals surface area contributed by atoms with Crippen LogP contribution in [0, 0.1) is 0 Å². The summed E-state index contributed by atoms with van der Waals surface area (Å²) in [6, 6.07) is 13.5. The number of nitrogens with two attached hydrogens (primary N) is 1. The molecule has 1 heterocycles. The fourth-order valence-corrected chi connectivity index (χ4v) is 2.36. The highest BCUT2D eigenvalue weighted by Gasteiger charge is 2.16. The molecule has 118 valence electrons. The predicted molar refractivity (Wildman–Crippen MR) is 93.6 cm³/mol. The molecular weight excluding hydrogens is 310 g/mol. The van der Waals surface area contributed by atoms with Crippen molar-refractivity contribution in [3.8, 4) is 5.75 Å². The van der Waals surface area contributed by atoms with Crippen LogP contribution in [0.1, 0.15) is 24.8 Å². The molecule has 23 heavy (non-hydrogen) atoms. The minimum absolute atomic E-state index is 0.371. The molecule has 2 N–H and O–H groups in total. The summed E-state index contributed by atoms with van der Waals surface area (Å²) in [5, 5.41) is 0.371. The molecule has 3 rings (SSSR count). The van der Waals surface area contributed by atoms with Crippen molar-refractivity contribution in [1.29, 1.82) is 0 Å². The Morgan fingerprint density at radius 1 is 1.26 bits per heavy atom. The van der Waals surface area contributed by atoms with Crippen LogP contribution in [0.3, 0.4) is 0 Å². The Morgan fingerprint density at radius 3 is 2.70 bits per heavy atom. The zero-order valence-electron chi connectivity index (χ0n) is 12.7. The quantitative estimate of drug-likeness (QED) is 0.511. The second kappa shape index (κ2) is 7.29. The van der Waals surface area contributed by atoms with E-state index in [1.54, 1.807) is 24.5 Å². The predicted octanol–water partition coefficient (Wildman–Crippen LogP) is 4.06. The van der Waals surface area contributed by atoms with E-state index in [1.807, 2.05) is 30.3 Å². The monoisotopic (exact) mass is 327 g/mol. The van der Waals surface area contributed by atoms with Gasteiger partial charge >= 0.3 is 0 Å². The van der Waals surface area contributed by atoms with Crippen molar-refractivity contribution in [1.82, 2.24) is 4.98 Å². The van der Waals surface area contributed by atoms with Crippen LogP contribution in [-0.2, 0) is 0 Å². The number of allylic oxidation sites excluding steroid dienone is 1. The molecular formula is C18H18ClN3O. The highest BCUT2D eigenvalue weighted by Crippen LogP contribution is 2.23. The first-order valence-electron chi connectivity index (χ1n) is 7.60. The molecule has 1 aromatic heterocycles. The maximum Gasteiger partial charge on any atom is 0.168 e. The number of aliphatic imine (C=N–C) groups is 1. The highest BCUT2D eigenvalue weighted by molar-refractivity contribution is 6.29. The van der Waals surface area contributed by atoms with E-state index in [1.165, 1.54) is 6.42 Å². The molecule has 0 atom stereocenters. The van der Waals surface area contributed by atoms with Crippen molar-refractivity contribution in [2.24, 2.45) is 10.7 Å². The molecule has 1 aromatic carbocycles. The average molecular weight is 328 g/mol. The van der Waals surface area contributed by atoms with E-state index >= 15 is 0 Å². The molecule has 2 aromatic rings. The maximum atomic E-state index is 6.29. The Kier molecular flexibility index (Phi) is 4.93. The Hall–Kier alpha value is -2.33. The molecule has 0 amide bonds. The molecule has 0 saturated heterocycles. The lowest BCUT2D eigenvalue weighted by atomic mass is 9.94. The van der Waals surface area contributed by atoms with Gasteiger partial charge in [0.2, 0.25) is 0 Å². The number of aromatic nitrogens is 1. The van der Waals surface area contributed by atoms with E-state index in [0.29, 0.717) is 28.4 Å². The third-order valence-electron chi connectivity index (χ3n) is 3.75. The molecule has 4 nitrogen and oxygen atoms in total. The smallest absolute Gasteiger partial charge is 0.168 e. The van der Waals surface area contributed by atoms with Gasteiger partial charge in [0.15, 0.2) is 5.76 Å². The Labute approximate surface area is 140 Å². The molecule has 5 heteroatoms. The lowest BCUT2D eigenvalue weighted by Gasteiger charge is -2.21. The maximum absolute atomic E-state index is 6.29. The number of halogens is 1. The second-order valence-corrected chi connectivity index (χ2v) is 5.81. The molecule has 0 aliphatic heterocycles. The molecule has 1 aliphatic carbocycles. The summed E-state index contributed by atoms with van der Waals surface area (Å²) in [7, 11) is 0. The van der Waals surface area contributed by atoms with Gasteiger partial charge in [-0.25, -0.2) is 4.98 Å². The third kappa shape index (κ3) is 4.11. The van der Waals surface area contributed by atoms with Crippen molar-refractivity contribution in [3.05, 3.63) is 65.1 Å². The second-order valence-electron chi connectivity index (χ2n) is 5.42. The van der Waals surface area contributed by atoms with E-state index in [-0.39, 0.29) is 0 Å². The summed E-state index contributed by atoms with van der Waals surface area (Å²) in [4.78, 5) is 8.51. The van der Waals surface area contributed by atoms with Gasteiger partial charge in [-0.3, -0.25) is 4.99 Å². The fourth-order valence-electron chi connectivity index (χ4n) is 2.19. The van der Waals surface area contributed by atoms with Crippen LogP contribution in [0.4, 0.5) is 0 Å². The number of hydrogen-bond donors (Lipinski definition) is 1. The van der Waals surface area contributed by atoms with Crippen LogP contribution in [0.2, 0.25) is 5.15 Å². The summed E-state index contributed by atoms with van der Waals surface area (Å²) in [6.45, 7) is 0. The summed E-state index contributed by atoms with van der Waals surface area (Å²) in [5.41, 5.74) is 7.72. The summed E-state index contributed by atoms with van der Waals surface area (Å²) < 4.78 is 5.91. The van der Waals surface area contributed by atoms with Gasteiger partial charge in [0, 0.05) is 17.8 Å². The Balaban J connectivity index is 1.90. The van der Waals surface area contributed by atoms with E-state index in [9.17, 15) is 0 Å². The Bertz CT molecular complexity index is 724. The normalized spacial score (nSPS) is 16.0. The molecule has 1 fully saturated rings. The molecule has 1 aliphatic rings. The zero-order chi connectivity index (χ0) is 16.1. The summed E-state index contributed by atoms with van der Waals surface area (Å²) in [5.74, 6) is 1.10. The molecule has 0 spiro atoms. The fraction of sp³-hybridized carbons (Fsp3) is 0.222. The van der Waals surface area contributed by atoms with Crippen molar-refractivity contribution in [2.45, 2.75) is 25.3 Å². The van der Waals surface area contributed by atoms with E-state index in [0.717, 1.165) is 18.4 Å². The van der Waals surface area contributed by atoms with Crippen LogP contribution in [0.25, 0.3) is 5.70 Å². The van der Waals surface area contributed by atoms with Crippen LogP contribution in [-0.4, -0.2) is 17.2 Å². The summed E-state index contributed by atoms with van der Waals surface area (Å²) >= 11 is 5.91. The molecule has 0 bridgehead atoms. The van der Waals surface area contributed by atoms with E-state index in [4.69, 9.17) is 22.1 Å². The van der Waals surface area contributed by atoms with Crippen LogP contribution in [0.5, 0.6) is 5.75 Å². The van der Waals surface area contributed by atoms with Crippen molar-refractivity contribution in [2.75, 3.05) is 0 Å². The molecule has 0 radical (unpaired) electrons. The first-order chi connectivity index (χ1) is 11.2. The number of benzene rings is 1. The third-order valence-corrected chi connectivity index (χ3v) is 3.96. The number of rotatable bonds is 5. The van der Waals surface area contributed by atoms with Crippen molar-refractivity contribution in [3.63, 3.8) is 0 Å². The van der Waals surface area contributed by atoms with Crippen LogP contribution < -0.4 is 10.5 Å². The number of nitrogens with zero attached hydrogens (tertiary/aromatic N) is 2. The molecule has 0 unspecified atom stereocenters. The minimum Gasteiger partial charge on any atom is -0.453 e. The van der Waals surface area contributed by atoms with Gasteiger partial charge in [-0.05, 0) is 25.3 Å². The first kappa shape index (κ1) is 15.6. The van der Waals surface area contributed by atoms with Gasteiger partial charge in [0.25, 0.3) is 0 Å². The Morgan fingerprint density at radius 2 is 2.04 bits per heavy atom. The zero-order valence-corrected chi connectivity index (χ0v) is 13.4. The largest absolute Gasteiger partial charge is 0.453 e. The average Bonchev–Trinajstić information content (AvgIpc) is 2.52. The lowest BCUT2D eigenvalue weighted by molar-refractivity contribution is 0.417. The van der Waals surface area contributed by atoms with Gasteiger partial charge in [-0.2, -0.15) is 0 Å². The van der Waals surface area contributed by atoms with Crippen molar-refractivity contribution >= 4 is 23.5 Å². The summed E-state index contributed by atoms with van der Waals surface area (Å²) in [6.07, 6.45) is 6.79. The highest BCUT2D eigenvalue weighted by atomic mass is 35.5.